The van der Waals surface area contributed by atoms with Gasteiger partial charge in [-0.05, 0) is 36.6 Å². The van der Waals surface area contributed by atoms with E-state index in [1.807, 2.05) is 23.1 Å². The lowest BCUT2D eigenvalue weighted by Crippen LogP contribution is -2.38. The molecule has 6 nitrogen and oxygen atoms in total. The minimum Gasteiger partial charge on any atom is -0.486 e. The van der Waals surface area contributed by atoms with Crippen LogP contribution in [-0.4, -0.2) is 40.3 Å². The number of rotatable bonds is 4. The topological polar surface area (TPSA) is 67.5 Å². The molecule has 0 bridgehead atoms. The number of aromatic nitrogens is 2. The van der Waals surface area contributed by atoms with Gasteiger partial charge in [-0.1, -0.05) is 18.9 Å². The van der Waals surface area contributed by atoms with Gasteiger partial charge in [0.2, 0.25) is 0 Å². The molecule has 6 heteroatoms. The highest BCUT2D eigenvalue weighted by molar-refractivity contribution is 5.92. The zero-order chi connectivity index (χ0) is 16.4. The van der Waals surface area contributed by atoms with Gasteiger partial charge in [0.25, 0.3) is 5.91 Å². The highest BCUT2D eigenvalue weighted by Gasteiger charge is 2.28. The monoisotopic (exact) mass is 327 g/mol. The summed E-state index contributed by atoms with van der Waals surface area (Å²) in [6.45, 7) is 1.72. The van der Waals surface area contributed by atoms with Crippen molar-refractivity contribution in [3.8, 4) is 11.5 Å². The summed E-state index contributed by atoms with van der Waals surface area (Å²) in [7, 11) is 0. The molecule has 1 N–H and O–H groups in total. The number of ether oxygens (including phenoxy) is 2. The largest absolute Gasteiger partial charge is 0.486 e. The number of benzene rings is 1. The Bertz CT molecular complexity index is 708. The van der Waals surface area contributed by atoms with Crippen molar-refractivity contribution in [1.29, 1.82) is 0 Å². The smallest absolute Gasteiger partial charge is 0.272 e. The summed E-state index contributed by atoms with van der Waals surface area (Å²) in [6, 6.07) is 7.94. The van der Waals surface area contributed by atoms with E-state index in [9.17, 15) is 4.79 Å². The van der Waals surface area contributed by atoms with Crippen molar-refractivity contribution in [3.63, 3.8) is 0 Å². The van der Waals surface area contributed by atoms with Gasteiger partial charge in [0.05, 0.1) is 0 Å². The maximum Gasteiger partial charge on any atom is 0.272 e. The first-order valence-corrected chi connectivity index (χ1v) is 8.50. The molecule has 24 heavy (non-hydrogen) atoms. The van der Waals surface area contributed by atoms with Crippen molar-refractivity contribution in [2.75, 3.05) is 13.2 Å². The average Bonchev–Trinajstić information content (AvgIpc) is 3.32. The van der Waals surface area contributed by atoms with Crippen molar-refractivity contribution < 1.29 is 14.3 Å². The molecule has 0 atom stereocenters. The fourth-order valence-corrected chi connectivity index (χ4v) is 3.50. The molecule has 4 rings (SSSR count). The maximum absolute atomic E-state index is 12.9. The summed E-state index contributed by atoms with van der Waals surface area (Å²) in [6.07, 6.45) is 6.09. The molecular weight excluding hydrogens is 306 g/mol. The van der Waals surface area contributed by atoms with Crippen LogP contribution < -0.4 is 9.47 Å². The Hall–Kier alpha value is -2.50. The zero-order valence-electron chi connectivity index (χ0n) is 13.5. The highest BCUT2D eigenvalue weighted by Crippen LogP contribution is 2.32. The van der Waals surface area contributed by atoms with Gasteiger partial charge in [-0.25, -0.2) is 0 Å². The summed E-state index contributed by atoms with van der Waals surface area (Å²) in [5.41, 5.74) is 1.60. The number of hydrogen-bond acceptors (Lipinski definition) is 4. The van der Waals surface area contributed by atoms with E-state index in [1.165, 1.54) is 12.8 Å². The molecular formula is C18H21N3O3. The summed E-state index contributed by atoms with van der Waals surface area (Å²) in [5.74, 6) is 1.55. The van der Waals surface area contributed by atoms with Gasteiger partial charge >= 0.3 is 0 Å². The molecule has 1 fully saturated rings. The SMILES string of the molecule is O=C(c1ccn[nH]1)N(Cc1ccc2c(c1)OCCO2)C1CCCC1. The molecule has 1 amide bonds. The van der Waals surface area contributed by atoms with Gasteiger partial charge < -0.3 is 14.4 Å². The number of nitrogens with one attached hydrogen (secondary N) is 1. The van der Waals surface area contributed by atoms with Crippen LogP contribution in [0.5, 0.6) is 11.5 Å². The van der Waals surface area contributed by atoms with Gasteiger partial charge in [0.1, 0.15) is 18.9 Å². The Kier molecular flexibility index (Phi) is 4.11. The van der Waals surface area contributed by atoms with Crippen LogP contribution in [0.4, 0.5) is 0 Å². The second-order valence-electron chi connectivity index (χ2n) is 6.32. The number of H-pyrrole nitrogens is 1. The van der Waals surface area contributed by atoms with Crippen molar-refractivity contribution in [3.05, 3.63) is 41.7 Å². The Balaban J connectivity index is 1.58. The van der Waals surface area contributed by atoms with Crippen LogP contribution in [0.25, 0.3) is 0 Å². The Morgan fingerprint density at radius 2 is 1.96 bits per heavy atom. The lowest BCUT2D eigenvalue weighted by atomic mass is 10.1. The van der Waals surface area contributed by atoms with Gasteiger partial charge in [0, 0.05) is 18.8 Å². The van der Waals surface area contributed by atoms with Crippen molar-refractivity contribution >= 4 is 5.91 Å². The summed E-state index contributed by atoms with van der Waals surface area (Å²) in [4.78, 5) is 14.8. The van der Waals surface area contributed by atoms with Gasteiger partial charge in [-0.3, -0.25) is 9.89 Å². The quantitative estimate of drug-likeness (QED) is 0.937. The van der Waals surface area contributed by atoms with E-state index in [0.717, 1.165) is 29.9 Å². The summed E-state index contributed by atoms with van der Waals surface area (Å²) >= 11 is 0. The van der Waals surface area contributed by atoms with E-state index in [-0.39, 0.29) is 11.9 Å². The first kappa shape index (κ1) is 15.1. The van der Waals surface area contributed by atoms with E-state index in [0.29, 0.717) is 25.5 Å². The lowest BCUT2D eigenvalue weighted by Gasteiger charge is -2.29. The van der Waals surface area contributed by atoms with Crippen molar-refractivity contribution in [2.45, 2.75) is 38.3 Å². The minimum absolute atomic E-state index is 0.00860. The maximum atomic E-state index is 12.9. The van der Waals surface area contributed by atoms with Crippen LogP contribution in [0.1, 0.15) is 41.7 Å². The van der Waals surface area contributed by atoms with Crippen LogP contribution in [-0.2, 0) is 6.54 Å². The van der Waals surface area contributed by atoms with E-state index in [2.05, 4.69) is 10.2 Å². The Morgan fingerprint density at radius 1 is 1.17 bits per heavy atom. The summed E-state index contributed by atoms with van der Waals surface area (Å²) in [5, 5.41) is 6.70. The third-order valence-electron chi connectivity index (χ3n) is 4.72. The van der Waals surface area contributed by atoms with Crippen LogP contribution in [0.15, 0.2) is 30.5 Å². The predicted molar refractivity (Wildman–Crippen MR) is 88.1 cm³/mol. The molecule has 2 heterocycles. The van der Waals surface area contributed by atoms with Crippen molar-refractivity contribution in [1.82, 2.24) is 15.1 Å². The molecule has 1 aromatic carbocycles. The van der Waals surface area contributed by atoms with Crippen molar-refractivity contribution in [2.24, 2.45) is 0 Å². The summed E-state index contributed by atoms with van der Waals surface area (Å²) < 4.78 is 11.2. The molecule has 1 aliphatic heterocycles. The molecule has 1 aromatic heterocycles. The van der Waals surface area contributed by atoms with E-state index in [4.69, 9.17) is 9.47 Å². The molecule has 1 saturated carbocycles. The molecule has 126 valence electrons. The van der Waals surface area contributed by atoms with Gasteiger partial charge in [0.15, 0.2) is 11.5 Å². The Morgan fingerprint density at radius 3 is 2.71 bits per heavy atom. The van der Waals surface area contributed by atoms with Gasteiger partial charge in [-0.15, -0.1) is 0 Å². The number of carbonyl (C=O) groups excluding carboxylic acids is 1. The number of fused-ring (bicyclic) bond motifs is 1. The van der Waals surface area contributed by atoms with E-state index in [1.54, 1.807) is 12.3 Å². The second kappa shape index (κ2) is 6.55. The van der Waals surface area contributed by atoms with Gasteiger partial charge in [-0.2, -0.15) is 5.10 Å². The molecule has 0 radical (unpaired) electrons. The zero-order valence-corrected chi connectivity index (χ0v) is 13.5. The predicted octanol–water partition coefficient (Wildman–Crippen LogP) is 2.77. The van der Waals surface area contributed by atoms with Crippen LogP contribution in [0, 0.1) is 0 Å². The number of amides is 1. The third kappa shape index (κ3) is 2.96. The Labute approximate surface area is 140 Å². The molecule has 0 saturated heterocycles. The normalized spacial score (nSPS) is 17.0. The minimum atomic E-state index is 0.00860. The first-order chi connectivity index (χ1) is 11.8. The fourth-order valence-electron chi connectivity index (χ4n) is 3.50. The molecule has 1 aliphatic carbocycles. The van der Waals surface area contributed by atoms with Crippen LogP contribution in [0.2, 0.25) is 0 Å². The molecule has 2 aliphatic rings. The number of carbonyl (C=O) groups is 1. The average molecular weight is 327 g/mol. The van der Waals surface area contributed by atoms with Crippen LogP contribution in [0.3, 0.4) is 0 Å². The van der Waals surface area contributed by atoms with E-state index >= 15 is 0 Å². The first-order valence-electron chi connectivity index (χ1n) is 8.50. The lowest BCUT2D eigenvalue weighted by molar-refractivity contribution is 0.0658. The molecule has 0 unspecified atom stereocenters. The standard InChI is InChI=1S/C18H21N3O3/c22-18(15-7-8-19-20-15)21(14-3-1-2-4-14)12-13-5-6-16-17(11-13)24-10-9-23-16/h5-8,11,14H,1-4,9-10,12H2,(H,19,20). The second-order valence-corrected chi connectivity index (χ2v) is 6.32. The fraction of sp³-hybridized carbons (Fsp3) is 0.444. The highest BCUT2D eigenvalue weighted by atomic mass is 16.6. The molecule has 0 spiro atoms. The number of aromatic amines is 1. The molecule has 2 aromatic rings. The number of nitrogens with zero attached hydrogens (tertiary/aromatic N) is 2. The third-order valence-corrected chi connectivity index (χ3v) is 4.72. The van der Waals surface area contributed by atoms with Crippen LogP contribution >= 0.6 is 0 Å². The number of hydrogen-bond donors (Lipinski definition) is 1. The van der Waals surface area contributed by atoms with E-state index < -0.39 is 0 Å².